The van der Waals surface area contributed by atoms with Crippen LogP contribution >= 0.6 is 11.8 Å². The molecule has 1 saturated heterocycles. The Kier molecular flexibility index (Phi) is 5.83. The molecule has 1 N–H and O–H groups in total. The maximum atomic E-state index is 12.3. The minimum Gasteiger partial charge on any atom is -0.348 e. The molecule has 0 spiro atoms. The highest BCUT2D eigenvalue weighted by atomic mass is 32.2. The Morgan fingerprint density at radius 1 is 1.46 bits per heavy atom. The lowest BCUT2D eigenvalue weighted by atomic mass is 10.0. The Labute approximate surface area is 146 Å². The largest absolute Gasteiger partial charge is 0.348 e. The van der Waals surface area contributed by atoms with E-state index in [9.17, 15) is 14.9 Å². The zero-order valence-electron chi connectivity index (χ0n) is 13.7. The molecule has 5 nitrogen and oxygen atoms in total. The van der Waals surface area contributed by atoms with Crippen LogP contribution in [0.3, 0.4) is 0 Å². The summed E-state index contributed by atoms with van der Waals surface area (Å²) in [6, 6.07) is 9.52. The SMILES string of the molecule is C=CCNC(=O)/C(C#N)=C1\SCC(=O)N1c1ccc(C(C)C)cc1. The summed E-state index contributed by atoms with van der Waals surface area (Å²) >= 11 is 1.21. The summed E-state index contributed by atoms with van der Waals surface area (Å²) in [6.07, 6.45) is 1.53. The summed E-state index contributed by atoms with van der Waals surface area (Å²) in [7, 11) is 0. The van der Waals surface area contributed by atoms with Crippen molar-refractivity contribution < 1.29 is 9.59 Å². The molecule has 0 saturated carbocycles. The van der Waals surface area contributed by atoms with Crippen molar-refractivity contribution in [2.24, 2.45) is 0 Å². The van der Waals surface area contributed by atoms with Crippen molar-refractivity contribution >= 4 is 29.3 Å². The van der Waals surface area contributed by atoms with Crippen LogP contribution in [0.5, 0.6) is 0 Å². The van der Waals surface area contributed by atoms with E-state index < -0.39 is 5.91 Å². The molecule has 6 heteroatoms. The standard InChI is InChI=1S/C18H19N3O2S/c1-4-9-20-17(23)15(10-19)18-21(16(22)11-24-18)14-7-5-13(6-8-14)12(2)3/h4-8,12H,1,9,11H2,2-3H3,(H,20,23)/b18-15-. The fraction of sp³-hybridized carbons (Fsp3) is 0.278. The average Bonchev–Trinajstić information content (AvgIpc) is 2.95. The monoisotopic (exact) mass is 341 g/mol. The number of hydrogen-bond donors (Lipinski definition) is 1. The Morgan fingerprint density at radius 2 is 2.12 bits per heavy atom. The van der Waals surface area contributed by atoms with Crippen molar-refractivity contribution in [2.45, 2.75) is 19.8 Å². The first-order valence-electron chi connectivity index (χ1n) is 7.58. The van der Waals surface area contributed by atoms with Crippen molar-refractivity contribution in [1.82, 2.24) is 5.32 Å². The van der Waals surface area contributed by atoms with Crippen molar-refractivity contribution in [3.8, 4) is 6.07 Å². The molecule has 0 radical (unpaired) electrons. The molecule has 124 valence electrons. The summed E-state index contributed by atoms with van der Waals surface area (Å²) in [6.45, 7) is 7.98. The molecule has 0 aliphatic carbocycles. The molecular weight excluding hydrogens is 322 g/mol. The van der Waals surface area contributed by atoms with Gasteiger partial charge >= 0.3 is 0 Å². The summed E-state index contributed by atoms with van der Waals surface area (Å²) in [5.74, 6) is -0.0479. The number of amides is 2. The Morgan fingerprint density at radius 3 is 2.67 bits per heavy atom. The fourth-order valence-electron chi connectivity index (χ4n) is 2.27. The molecule has 2 rings (SSSR count). The van der Waals surface area contributed by atoms with Gasteiger partial charge in [-0.25, -0.2) is 0 Å². The number of carbonyl (C=O) groups excluding carboxylic acids is 2. The quantitative estimate of drug-likeness (QED) is 0.508. The van der Waals surface area contributed by atoms with Crippen molar-refractivity contribution in [1.29, 1.82) is 5.26 Å². The molecule has 1 aliphatic rings. The summed E-state index contributed by atoms with van der Waals surface area (Å²) < 4.78 is 0. The molecule has 0 atom stereocenters. The van der Waals surface area contributed by atoms with Gasteiger partial charge in [-0.05, 0) is 23.6 Å². The van der Waals surface area contributed by atoms with E-state index in [2.05, 4.69) is 25.7 Å². The summed E-state index contributed by atoms with van der Waals surface area (Å²) in [5, 5.41) is 12.3. The first-order valence-corrected chi connectivity index (χ1v) is 8.57. The smallest absolute Gasteiger partial charge is 0.264 e. The highest BCUT2D eigenvalue weighted by Crippen LogP contribution is 2.36. The minimum absolute atomic E-state index is 0.0550. The zero-order valence-corrected chi connectivity index (χ0v) is 14.5. The molecule has 1 fully saturated rings. The van der Waals surface area contributed by atoms with Crippen LogP contribution < -0.4 is 10.2 Å². The van der Waals surface area contributed by atoms with Crippen molar-refractivity contribution in [3.05, 3.63) is 53.1 Å². The summed E-state index contributed by atoms with van der Waals surface area (Å²) in [5.41, 5.74) is 1.77. The van der Waals surface area contributed by atoms with Gasteiger partial charge in [-0.1, -0.05) is 43.8 Å². The average molecular weight is 341 g/mol. The van der Waals surface area contributed by atoms with E-state index in [1.807, 2.05) is 30.3 Å². The molecule has 1 aromatic carbocycles. The molecule has 0 unspecified atom stereocenters. The lowest BCUT2D eigenvalue weighted by Gasteiger charge is -2.19. The number of nitrogens with one attached hydrogen (secondary N) is 1. The van der Waals surface area contributed by atoms with Gasteiger partial charge < -0.3 is 5.32 Å². The third kappa shape index (κ3) is 3.69. The molecular formula is C18H19N3O2S. The second-order valence-electron chi connectivity index (χ2n) is 5.55. The lowest BCUT2D eigenvalue weighted by molar-refractivity contribution is -0.116. The van der Waals surface area contributed by atoms with E-state index in [0.717, 1.165) is 5.56 Å². The maximum absolute atomic E-state index is 12.3. The van der Waals surface area contributed by atoms with Gasteiger partial charge in [0.1, 0.15) is 16.7 Å². The number of hydrogen-bond acceptors (Lipinski definition) is 4. The van der Waals surface area contributed by atoms with Crippen LogP contribution in [0, 0.1) is 11.3 Å². The number of rotatable bonds is 5. The van der Waals surface area contributed by atoms with Crippen LogP contribution in [0.1, 0.15) is 25.3 Å². The van der Waals surface area contributed by atoms with Gasteiger partial charge in [0.25, 0.3) is 5.91 Å². The van der Waals surface area contributed by atoms with Crippen molar-refractivity contribution in [2.75, 3.05) is 17.2 Å². The van der Waals surface area contributed by atoms with Gasteiger partial charge in [-0.3, -0.25) is 14.5 Å². The van der Waals surface area contributed by atoms with Gasteiger partial charge in [-0.15, -0.1) is 6.58 Å². The second kappa shape index (κ2) is 7.84. The molecule has 1 aromatic rings. The number of anilines is 1. The normalized spacial score (nSPS) is 16.1. The van der Waals surface area contributed by atoms with E-state index >= 15 is 0 Å². The number of benzene rings is 1. The van der Waals surface area contributed by atoms with Crippen LogP contribution in [0.25, 0.3) is 0 Å². The topological polar surface area (TPSA) is 73.2 Å². The first kappa shape index (κ1) is 17.8. The molecule has 0 aromatic heterocycles. The van der Waals surface area contributed by atoms with Crippen LogP contribution in [0.4, 0.5) is 5.69 Å². The van der Waals surface area contributed by atoms with E-state index in [1.165, 1.54) is 22.7 Å². The Hall–Kier alpha value is -2.52. The lowest BCUT2D eigenvalue weighted by Crippen LogP contribution is -2.29. The van der Waals surface area contributed by atoms with Crippen LogP contribution in [0.2, 0.25) is 0 Å². The van der Waals surface area contributed by atoms with Gasteiger partial charge in [-0.2, -0.15) is 5.26 Å². The van der Waals surface area contributed by atoms with Crippen LogP contribution in [0.15, 0.2) is 47.5 Å². The maximum Gasteiger partial charge on any atom is 0.264 e. The number of nitrogens with zero attached hydrogens (tertiary/aromatic N) is 2. The van der Waals surface area contributed by atoms with Gasteiger partial charge in [0, 0.05) is 12.2 Å². The molecule has 24 heavy (non-hydrogen) atoms. The number of thioether (sulfide) groups is 1. The highest BCUT2D eigenvalue weighted by Gasteiger charge is 2.33. The van der Waals surface area contributed by atoms with Gasteiger partial charge in [0.2, 0.25) is 5.91 Å². The molecule has 1 aliphatic heterocycles. The predicted molar refractivity (Wildman–Crippen MR) is 96.3 cm³/mol. The summed E-state index contributed by atoms with van der Waals surface area (Å²) in [4.78, 5) is 25.9. The van der Waals surface area contributed by atoms with E-state index in [4.69, 9.17) is 0 Å². The molecule has 2 amide bonds. The second-order valence-corrected chi connectivity index (χ2v) is 6.52. The Bertz CT molecular complexity index is 730. The van der Waals surface area contributed by atoms with E-state index in [1.54, 1.807) is 0 Å². The van der Waals surface area contributed by atoms with Gasteiger partial charge in [0.05, 0.1) is 5.75 Å². The van der Waals surface area contributed by atoms with Crippen LogP contribution in [-0.4, -0.2) is 24.1 Å². The van der Waals surface area contributed by atoms with E-state index in [-0.39, 0.29) is 23.8 Å². The third-order valence-electron chi connectivity index (χ3n) is 3.56. The van der Waals surface area contributed by atoms with Gasteiger partial charge in [0.15, 0.2) is 0 Å². The van der Waals surface area contributed by atoms with Crippen molar-refractivity contribution in [3.63, 3.8) is 0 Å². The fourth-order valence-corrected chi connectivity index (χ4v) is 3.28. The predicted octanol–water partition coefficient (Wildman–Crippen LogP) is 2.93. The molecule has 0 bridgehead atoms. The third-order valence-corrected chi connectivity index (χ3v) is 4.61. The first-order chi connectivity index (χ1) is 11.5. The Balaban J connectivity index is 2.40. The molecule has 1 heterocycles. The zero-order chi connectivity index (χ0) is 17.7. The van der Waals surface area contributed by atoms with Crippen LogP contribution in [-0.2, 0) is 9.59 Å². The van der Waals surface area contributed by atoms with E-state index in [0.29, 0.717) is 16.6 Å². The number of nitriles is 1. The minimum atomic E-state index is -0.501. The number of carbonyl (C=O) groups is 2. The highest BCUT2D eigenvalue weighted by molar-refractivity contribution is 8.04.